The van der Waals surface area contributed by atoms with Crippen LogP contribution in [-0.2, 0) is 4.79 Å². The van der Waals surface area contributed by atoms with Gasteiger partial charge in [0.2, 0.25) is 5.91 Å². The SMILES string of the molecule is CCC1CNN([Si](C)(C)C)N=C1NC(C)=O. The van der Waals surface area contributed by atoms with Crippen molar-refractivity contribution >= 4 is 20.0 Å². The predicted molar refractivity (Wildman–Crippen MR) is 68.2 cm³/mol. The van der Waals surface area contributed by atoms with Crippen LogP contribution in [0, 0.1) is 5.92 Å². The third-order valence-corrected chi connectivity index (χ3v) is 4.04. The number of rotatable bonds is 2. The lowest BCUT2D eigenvalue weighted by Crippen LogP contribution is -2.58. The lowest BCUT2D eigenvalue weighted by atomic mass is 10.1. The maximum atomic E-state index is 11.1. The van der Waals surface area contributed by atoms with E-state index in [2.05, 4.69) is 42.4 Å². The predicted octanol–water partition coefficient (Wildman–Crippen LogP) is 1.12. The van der Waals surface area contributed by atoms with Crippen LogP contribution in [0.5, 0.6) is 0 Å². The van der Waals surface area contributed by atoms with Crippen LogP contribution in [0.1, 0.15) is 20.3 Å². The normalized spacial score (nSPS) is 21.7. The average Bonchev–Trinajstić information content (AvgIpc) is 2.15. The molecular formula is C10H22N4OSi. The molecule has 1 unspecified atom stereocenters. The molecule has 5 nitrogen and oxygen atoms in total. The lowest BCUT2D eigenvalue weighted by molar-refractivity contribution is -0.117. The summed E-state index contributed by atoms with van der Waals surface area (Å²) >= 11 is 0. The summed E-state index contributed by atoms with van der Waals surface area (Å²) in [5.41, 5.74) is 3.32. The van der Waals surface area contributed by atoms with Crippen LogP contribution in [0.3, 0.4) is 0 Å². The van der Waals surface area contributed by atoms with E-state index in [9.17, 15) is 4.79 Å². The molecule has 1 aliphatic heterocycles. The maximum absolute atomic E-state index is 11.1. The number of carbonyl (C=O) groups excluding carboxylic acids is 1. The molecule has 16 heavy (non-hydrogen) atoms. The molecule has 92 valence electrons. The number of carbonyl (C=O) groups is 1. The van der Waals surface area contributed by atoms with E-state index in [0.717, 1.165) is 18.8 Å². The second kappa shape index (κ2) is 4.97. The van der Waals surface area contributed by atoms with Crippen molar-refractivity contribution in [2.75, 3.05) is 6.54 Å². The molecule has 1 aliphatic rings. The number of nitrogens with zero attached hydrogens (tertiary/aromatic N) is 2. The van der Waals surface area contributed by atoms with Crippen molar-refractivity contribution in [3.63, 3.8) is 0 Å². The molecular weight excluding hydrogens is 220 g/mol. The van der Waals surface area contributed by atoms with Crippen LogP contribution >= 0.6 is 0 Å². The van der Waals surface area contributed by atoms with E-state index in [1.54, 1.807) is 0 Å². The third-order valence-electron chi connectivity index (χ3n) is 2.51. The molecule has 1 atom stereocenters. The molecule has 1 heterocycles. The second-order valence-corrected chi connectivity index (χ2v) is 9.88. The first-order valence-electron chi connectivity index (χ1n) is 5.74. The van der Waals surface area contributed by atoms with Crippen molar-refractivity contribution in [2.45, 2.75) is 39.9 Å². The Morgan fingerprint density at radius 1 is 1.62 bits per heavy atom. The summed E-state index contributed by atoms with van der Waals surface area (Å²) in [6, 6.07) is 0. The van der Waals surface area contributed by atoms with Crippen molar-refractivity contribution in [3.8, 4) is 0 Å². The standard InChI is InChI=1S/C10H22N4OSi/c1-6-9-7-11-14(16(3,4)5)13-10(9)12-8(2)15/h9,11H,6-7H2,1-5H3,(H,12,13,15). The molecule has 0 fully saturated rings. The van der Waals surface area contributed by atoms with Crippen LogP contribution in [0.25, 0.3) is 0 Å². The van der Waals surface area contributed by atoms with E-state index in [4.69, 9.17) is 0 Å². The van der Waals surface area contributed by atoms with Gasteiger partial charge in [0.15, 0.2) is 8.24 Å². The molecule has 0 spiro atoms. The van der Waals surface area contributed by atoms with E-state index >= 15 is 0 Å². The minimum absolute atomic E-state index is 0.0466. The highest BCUT2D eigenvalue weighted by molar-refractivity contribution is 6.73. The molecule has 2 N–H and O–H groups in total. The number of amides is 1. The molecule has 1 amide bonds. The van der Waals surface area contributed by atoms with E-state index in [1.165, 1.54) is 6.92 Å². The van der Waals surface area contributed by atoms with Gasteiger partial charge < -0.3 is 5.32 Å². The van der Waals surface area contributed by atoms with Gasteiger partial charge in [-0.15, -0.1) is 0 Å². The summed E-state index contributed by atoms with van der Waals surface area (Å²) in [7, 11) is -1.51. The van der Waals surface area contributed by atoms with Gasteiger partial charge in [0.05, 0.1) is 0 Å². The summed E-state index contributed by atoms with van der Waals surface area (Å²) in [4.78, 5) is 13.1. The van der Waals surface area contributed by atoms with Gasteiger partial charge in [-0.25, -0.2) is 5.43 Å². The van der Waals surface area contributed by atoms with E-state index in [0.29, 0.717) is 5.92 Å². The Morgan fingerprint density at radius 3 is 2.69 bits per heavy atom. The van der Waals surface area contributed by atoms with E-state index in [-0.39, 0.29) is 5.91 Å². The van der Waals surface area contributed by atoms with Gasteiger partial charge in [-0.3, -0.25) is 9.58 Å². The summed E-state index contributed by atoms with van der Waals surface area (Å²) in [6.45, 7) is 11.1. The van der Waals surface area contributed by atoms with Gasteiger partial charge in [-0.2, -0.15) is 5.10 Å². The molecule has 6 heteroatoms. The van der Waals surface area contributed by atoms with Crippen LogP contribution in [-0.4, -0.2) is 31.3 Å². The van der Waals surface area contributed by atoms with Gasteiger partial charge in [-0.1, -0.05) is 6.92 Å². The fraction of sp³-hybridized carbons (Fsp3) is 0.800. The molecule has 0 aromatic rings. The van der Waals surface area contributed by atoms with Crippen molar-refractivity contribution < 1.29 is 4.79 Å². The quantitative estimate of drug-likeness (QED) is 0.713. The van der Waals surface area contributed by atoms with Gasteiger partial charge >= 0.3 is 0 Å². The Balaban J connectivity index is 2.86. The highest BCUT2D eigenvalue weighted by atomic mass is 28.3. The Bertz CT molecular complexity index is 298. The van der Waals surface area contributed by atoms with Gasteiger partial charge in [-0.05, 0) is 26.1 Å². The molecule has 0 aromatic heterocycles. The van der Waals surface area contributed by atoms with Crippen LogP contribution in [0.2, 0.25) is 19.6 Å². The number of hydrazone groups is 1. The Morgan fingerprint density at radius 2 is 2.25 bits per heavy atom. The number of amidine groups is 1. The molecule has 0 saturated carbocycles. The first-order chi connectivity index (χ1) is 7.34. The van der Waals surface area contributed by atoms with Gasteiger partial charge in [0, 0.05) is 19.4 Å². The zero-order chi connectivity index (χ0) is 12.3. The highest BCUT2D eigenvalue weighted by Gasteiger charge is 2.29. The summed E-state index contributed by atoms with van der Waals surface area (Å²) < 4.78 is 0. The lowest BCUT2D eigenvalue weighted by Gasteiger charge is -2.38. The van der Waals surface area contributed by atoms with Crippen LogP contribution in [0.15, 0.2) is 5.10 Å². The fourth-order valence-corrected chi connectivity index (χ4v) is 2.52. The van der Waals surface area contributed by atoms with Crippen molar-refractivity contribution in [1.82, 2.24) is 15.5 Å². The topological polar surface area (TPSA) is 56.7 Å². The summed E-state index contributed by atoms with van der Waals surface area (Å²) in [5, 5.41) is 7.35. The summed E-state index contributed by atoms with van der Waals surface area (Å²) in [6.07, 6.45) is 0.978. The summed E-state index contributed by atoms with van der Waals surface area (Å²) in [5.74, 6) is 1.06. The number of hydrazine groups is 1. The first-order valence-corrected chi connectivity index (χ1v) is 9.19. The smallest absolute Gasteiger partial charge is 0.222 e. The molecule has 1 rings (SSSR count). The zero-order valence-corrected chi connectivity index (χ0v) is 11.8. The zero-order valence-electron chi connectivity index (χ0n) is 10.8. The Hall–Kier alpha value is -0.883. The minimum atomic E-state index is -1.51. The molecule has 0 radical (unpaired) electrons. The highest BCUT2D eigenvalue weighted by Crippen LogP contribution is 2.14. The third kappa shape index (κ3) is 3.31. The number of hydrogen-bond donors (Lipinski definition) is 2. The van der Waals surface area contributed by atoms with Crippen molar-refractivity contribution in [3.05, 3.63) is 0 Å². The van der Waals surface area contributed by atoms with Crippen molar-refractivity contribution in [2.24, 2.45) is 11.0 Å². The minimum Gasteiger partial charge on any atom is -0.313 e. The van der Waals surface area contributed by atoms with Crippen LogP contribution in [0.4, 0.5) is 0 Å². The number of hydrogen-bond acceptors (Lipinski definition) is 4. The van der Waals surface area contributed by atoms with Crippen molar-refractivity contribution in [1.29, 1.82) is 0 Å². The Labute approximate surface area is 98.3 Å². The van der Waals surface area contributed by atoms with Gasteiger partial charge in [0.1, 0.15) is 5.84 Å². The second-order valence-electron chi connectivity index (χ2n) is 5.12. The molecule has 0 aliphatic carbocycles. The van der Waals surface area contributed by atoms with E-state index < -0.39 is 8.24 Å². The number of nitrogens with one attached hydrogen (secondary N) is 2. The average molecular weight is 242 g/mol. The largest absolute Gasteiger partial charge is 0.313 e. The van der Waals surface area contributed by atoms with Gasteiger partial charge in [0.25, 0.3) is 0 Å². The molecule has 0 bridgehead atoms. The fourth-order valence-electron chi connectivity index (χ4n) is 1.55. The van der Waals surface area contributed by atoms with E-state index in [1.807, 2.05) is 4.78 Å². The van der Waals surface area contributed by atoms with Crippen LogP contribution < -0.4 is 10.7 Å². The Kier molecular flexibility index (Phi) is 4.09. The first kappa shape index (κ1) is 13.2. The maximum Gasteiger partial charge on any atom is 0.222 e. The monoisotopic (exact) mass is 242 g/mol. The molecule has 0 saturated heterocycles. The molecule has 0 aromatic carbocycles.